The Morgan fingerprint density at radius 1 is 1.15 bits per heavy atom. The molecule has 2 N–H and O–H groups in total. The van der Waals surface area contributed by atoms with Gasteiger partial charge in [-0.05, 0) is 24.6 Å². The number of thiophene rings is 1. The van der Waals surface area contributed by atoms with E-state index in [2.05, 4.69) is 20.5 Å². The first-order valence-electron chi connectivity index (χ1n) is 10.2. The number of amides is 1. The number of imidazole rings is 1. The van der Waals surface area contributed by atoms with Crippen LogP contribution >= 0.6 is 23.1 Å². The molecule has 5 rings (SSSR count). The van der Waals surface area contributed by atoms with Gasteiger partial charge in [0.25, 0.3) is 0 Å². The summed E-state index contributed by atoms with van der Waals surface area (Å²) in [7, 11) is 0. The largest absolute Gasteiger partial charge is 0.462 e. The van der Waals surface area contributed by atoms with E-state index in [4.69, 9.17) is 4.74 Å². The van der Waals surface area contributed by atoms with Gasteiger partial charge in [-0.15, -0.1) is 16.4 Å². The van der Waals surface area contributed by atoms with Crippen molar-refractivity contribution < 1.29 is 14.3 Å². The van der Waals surface area contributed by atoms with Crippen LogP contribution in [0.25, 0.3) is 27.9 Å². The highest BCUT2D eigenvalue weighted by Crippen LogP contribution is 2.36. The summed E-state index contributed by atoms with van der Waals surface area (Å²) in [5.41, 5.74) is 3.76. The number of rotatable bonds is 7. The summed E-state index contributed by atoms with van der Waals surface area (Å²) >= 11 is 2.59. The number of aromatic nitrogens is 4. The number of aromatic amines is 1. The van der Waals surface area contributed by atoms with Crippen LogP contribution in [0.15, 0.2) is 65.1 Å². The Hall–Kier alpha value is -3.63. The molecule has 0 fully saturated rings. The van der Waals surface area contributed by atoms with Gasteiger partial charge < -0.3 is 10.1 Å². The molecule has 0 atom stereocenters. The average Bonchev–Trinajstić information content (AvgIpc) is 3.52. The van der Waals surface area contributed by atoms with Crippen LogP contribution in [-0.4, -0.2) is 43.8 Å². The van der Waals surface area contributed by atoms with Gasteiger partial charge in [0, 0.05) is 10.9 Å². The zero-order chi connectivity index (χ0) is 22.8. The fraction of sp³-hybridized carbons (Fsp3) is 0.130. The maximum atomic E-state index is 12.8. The Morgan fingerprint density at radius 2 is 1.94 bits per heavy atom. The zero-order valence-electron chi connectivity index (χ0n) is 17.6. The number of hydrogen-bond acceptors (Lipinski definition) is 7. The molecule has 0 spiro atoms. The number of nitrogens with one attached hydrogen (secondary N) is 2. The number of H-pyrrole nitrogens is 1. The van der Waals surface area contributed by atoms with Crippen molar-refractivity contribution in [3.8, 4) is 11.1 Å². The van der Waals surface area contributed by atoms with E-state index in [1.807, 2.05) is 64.4 Å². The van der Waals surface area contributed by atoms with Crippen molar-refractivity contribution in [2.24, 2.45) is 0 Å². The molecule has 0 aliphatic carbocycles. The minimum absolute atomic E-state index is 0.118. The Labute approximate surface area is 197 Å². The first kappa shape index (κ1) is 21.2. The number of carbonyl (C=O) groups is 2. The highest BCUT2D eigenvalue weighted by atomic mass is 32.2. The number of esters is 1. The number of anilines is 1. The standard InChI is InChI=1S/C23H19N5O3S2/c1-2-31-21(30)19-15(14-8-4-3-5-9-14)12-32-20(19)25-18(29)13-33-23-27-26-22-24-16-10-6-7-11-17(16)28(22)23/h3-12H,2,13H2,1H3,(H,24,26)(H,25,29). The number of fused-ring (bicyclic) bond motifs is 3. The van der Waals surface area contributed by atoms with Gasteiger partial charge in [0.1, 0.15) is 10.6 Å². The number of ether oxygens (including phenoxy) is 1. The first-order chi connectivity index (χ1) is 16.2. The van der Waals surface area contributed by atoms with Crippen molar-refractivity contribution in [3.63, 3.8) is 0 Å². The second-order valence-corrected chi connectivity index (χ2v) is 8.86. The van der Waals surface area contributed by atoms with E-state index in [9.17, 15) is 9.59 Å². The first-order valence-corrected chi connectivity index (χ1v) is 12.1. The lowest BCUT2D eigenvalue weighted by Crippen LogP contribution is -2.16. The number of carbonyl (C=O) groups excluding carboxylic acids is 2. The van der Waals surface area contributed by atoms with Crippen LogP contribution in [0.5, 0.6) is 0 Å². The van der Waals surface area contributed by atoms with Gasteiger partial charge in [0.2, 0.25) is 11.7 Å². The molecular formula is C23H19N5O3S2. The summed E-state index contributed by atoms with van der Waals surface area (Å²) in [4.78, 5) is 30.0. The van der Waals surface area contributed by atoms with Crippen molar-refractivity contribution in [2.45, 2.75) is 12.1 Å². The maximum Gasteiger partial charge on any atom is 0.341 e. The van der Waals surface area contributed by atoms with Gasteiger partial charge in [0.15, 0.2) is 5.16 Å². The van der Waals surface area contributed by atoms with E-state index in [1.54, 1.807) is 6.92 Å². The monoisotopic (exact) mass is 477 g/mol. The number of hydrogen-bond donors (Lipinski definition) is 2. The summed E-state index contributed by atoms with van der Waals surface area (Å²) < 4.78 is 7.14. The summed E-state index contributed by atoms with van der Waals surface area (Å²) in [6.07, 6.45) is 0. The average molecular weight is 478 g/mol. The van der Waals surface area contributed by atoms with Gasteiger partial charge in [-0.2, -0.15) is 0 Å². The highest BCUT2D eigenvalue weighted by molar-refractivity contribution is 7.99. The molecule has 3 aromatic heterocycles. The second kappa shape index (κ2) is 9.08. The van der Waals surface area contributed by atoms with Crippen LogP contribution in [0.3, 0.4) is 0 Å². The molecule has 0 bridgehead atoms. The molecule has 0 aliphatic heterocycles. The molecule has 10 heteroatoms. The Morgan fingerprint density at radius 3 is 2.76 bits per heavy atom. The number of nitrogens with zero attached hydrogens (tertiary/aromatic N) is 3. The molecule has 2 aromatic carbocycles. The number of thioether (sulfide) groups is 1. The molecular weight excluding hydrogens is 458 g/mol. The third-order valence-electron chi connectivity index (χ3n) is 4.94. The van der Waals surface area contributed by atoms with Gasteiger partial charge in [0.05, 0.1) is 23.4 Å². The minimum Gasteiger partial charge on any atom is -0.462 e. The van der Waals surface area contributed by atoms with Gasteiger partial charge >= 0.3 is 5.97 Å². The summed E-state index contributed by atoms with van der Waals surface area (Å²) in [6.45, 7) is 2.01. The van der Waals surface area contributed by atoms with Gasteiger partial charge in [-0.1, -0.05) is 54.2 Å². The predicted octanol–water partition coefficient (Wildman–Crippen LogP) is 4.85. The molecule has 0 saturated carbocycles. The summed E-state index contributed by atoms with van der Waals surface area (Å²) in [5, 5.41) is 13.0. The second-order valence-electron chi connectivity index (χ2n) is 7.04. The lowest BCUT2D eigenvalue weighted by molar-refractivity contribution is -0.113. The molecule has 1 amide bonds. The van der Waals surface area contributed by atoms with Crippen molar-refractivity contribution in [3.05, 3.63) is 65.5 Å². The van der Waals surface area contributed by atoms with E-state index in [0.717, 1.165) is 22.2 Å². The van der Waals surface area contributed by atoms with E-state index >= 15 is 0 Å². The molecule has 0 radical (unpaired) electrons. The normalized spacial score (nSPS) is 11.2. The smallest absolute Gasteiger partial charge is 0.341 e. The lowest BCUT2D eigenvalue weighted by atomic mass is 10.0. The molecule has 33 heavy (non-hydrogen) atoms. The zero-order valence-corrected chi connectivity index (χ0v) is 19.2. The lowest BCUT2D eigenvalue weighted by Gasteiger charge is -2.08. The van der Waals surface area contributed by atoms with E-state index in [0.29, 0.717) is 21.5 Å². The SMILES string of the molecule is CCOC(=O)c1c(-c2ccccc2)csc1NC(=O)CSc1n[nH]c2nc3ccccc3n12. The van der Waals surface area contributed by atoms with Crippen molar-refractivity contribution in [2.75, 3.05) is 17.7 Å². The van der Waals surface area contributed by atoms with Crippen LogP contribution in [0.1, 0.15) is 17.3 Å². The molecule has 0 unspecified atom stereocenters. The Bertz CT molecular complexity index is 1460. The fourth-order valence-corrected chi connectivity index (χ4v) is 5.25. The Balaban J connectivity index is 1.36. The van der Waals surface area contributed by atoms with Crippen molar-refractivity contribution >= 4 is 56.8 Å². The minimum atomic E-state index is -0.459. The maximum absolute atomic E-state index is 12.8. The molecule has 8 nitrogen and oxygen atoms in total. The van der Waals surface area contributed by atoms with E-state index < -0.39 is 5.97 Å². The summed E-state index contributed by atoms with van der Waals surface area (Å²) in [5.74, 6) is 0.0364. The van der Waals surface area contributed by atoms with Crippen molar-refractivity contribution in [1.82, 2.24) is 19.6 Å². The van der Waals surface area contributed by atoms with Gasteiger partial charge in [-0.3, -0.25) is 9.20 Å². The summed E-state index contributed by atoms with van der Waals surface area (Å²) in [6, 6.07) is 17.3. The van der Waals surface area contributed by atoms with Crippen LogP contribution in [0.4, 0.5) is 5.00 Å². The van der Waals surface area contributed by atoms with Crippen molar-refractivity contribution in [1.29, 1.82) is 0 Å². The third-order valence-corrected chi connectivity index (χ3v) is 6.78. The molecule has 5 aromatic rings. The molecule has 0 saturated heterocycles. The molecule has 0 aliphatic rings. The topological polar surface area (TPSA) is 101 Å². The molecule has 3 heterocycles. The highest BCUT2D eigenvalue weighted by Gasteiger charge is 2.23. The van der Waals surface area contributed by atoms with Crippen LogP contribution in [-0.2, 0) is 9.53 Å². The van der Waals surface area contributed by atoms with Gasteiger partial charge in [-0.25, -0.2) is 14.9 Å². The predicted molar refractivity (Wildman–Crippen MR) is 130 cm³/mol. The number of benzene rings is 2. The fourth-order valence-electron chi connectivity index (χ4n) is 3.52. The van der Waals surface area contributed by atoms with Crippen LogP contribution < -0.4 is 5.32 Å². The number of para-hydroxylation sites is 2. The quantitative estimate of drug-likeness (QED) is 0.257. The molecule has 166 valence electrons. The van der Waals surface area contributed by atoms with Crippen LogP contribution in [0, 0.1) is 0 Å². The Kier molecular flexibility index (Phi) is 5.84. The van der Waals surface area contributed by atoms with Crippen LogP contribution in [0.2, 0.25) is 0 Å². The van der Waals surface area contributed by atoms with E-state index in [-0.39, 0.29) is 18.3 Å². The van der Waals surface area contributed by atoms with E-state index in [1.165, 1.54) is 23.1 Å². The third kappa shape index (κ3) is 4.10.